The van der Waals surface area contributed by atoms with Gasteiger partial charge in [-0.3, -0.25) is 0 Å². The zero-order chi connectivity index (χ0) is 13.1. The summed E-state index contributed by atoms with van der Waals surface area (Å²) in [5, 5.41) is 0. The van der Waals surface area contributed by atoms with Crippen LogP contribution in [0.15, 0.2) is 41.0 Å². The molecule has 0 fully saturated rings. The zero-order valence-corrected chi connectivity index (χ0v) is 12.1. The van der Waals surface area contributed by atoms with Gasteiger partial charge in [0.2, 0.25) is 0 Å². The van der Waals surface area contributed by atoms with Crippen molar-refractivity contribution in [2.75, 3.05) is 17.7 Å². The van der Waals surface area contributed by atoms with E-state index in [4.69, 9.17) is 5.73 Å². The second kappa shape index (κ2) is 5.40. The third-order valence-electron chi connectivity index (χ3n) is 2.75. The van der Waals surface area contributed by atoms with E-state index in [1.165, 1.54) is 5.56 Å². The molecule has 94 valence electrons. The van der Waals surface area contributed by atoms with Crippen LogP contribution in [0.2, 0.25) is 0 Å². The van der Waals surface area contributed by atoms with Crippen molar-refractivity contribution >= 4 is 27.4 Å². The second-order valence-corrected chi connectivity index (χ2v) is 5.31. The summed E-state index contributed by atoms with van der Waals surface area (Å²) in [7, 11) is 2.03. The van der Waals surface area contributed by atoms with Crippen LogP contribution in [0.25, 0.3) is 0 Å². The molecule has 4 heteroatoms. The molecule has 0 amide bonds. The Hall–Kier alpha value is -1.55. The minimum Gasteiger partial charge on any atom is -0.399 e. The molecule has 1 heterocycles. The average molecular weight is 306 g/mol. The number of benzene rings is 1. The highest BCUT2D eigenvalue weighted by atomic mass is 79.9. The van der Waals surface area contributed by atoms with Crippen molar-refractivity contribution in [3.05, 3.63) is 52.1 Å². The smallest absolute Gasteiger partial charge is 0.131 e. The number of rotatable bonds is 3. The number of nitrogens with two attached hydrogens (primary N) is 1. The zero-order valence-electron chi connectivity index (χ0n) is 10.5. The van der Waals surface area contributed by atoms with Crippen LogP contribution in [-0.4, -0.2) is 12.0 Å². The Labute approximate surface area is 116 Å². The highest BCUT2D eigenvalue weighted by molar-refractivity contribution is 9.10. The minimum atomic E-state index is 0.792. The summed E-state index contributed by atoms with van der Waals surface area (Å²) in [6.45, 7) is 2.85. The normalized spacial score (nSPS) is 10.4. The van der Waals surface area contributed by atoms with E-state index in [1.54, 1.807) is 0 Å². The van der Waals surface area contributed by atoms with Crippen molar-refractivity contribution in [1.29, 1.82) is 0 Å². The molecule has 0 aliphatic heterocycles. The van der Waals surface area contributed by atoms with Gasteiger partial charge in [0.25, 0.3) is 0 Å². The average Bonchev–Trinajstić information content (AvgIpc) is 2.28. The molecule has 2 rings (SSSR count). The van der Waals surface area contributed by atoms with Crippen LogP contribution in [0.5, 0.6) is 0 Å². The molecule has 0 spiro atoms. The van der Waals surface area contributed by atoms with Crippen molar-refractivity contribution in [2.24, 2.45) is 0 Å². The number of anilines is 2. The Morgan fingerprint density at radius 2 is 2.11 bits per heavy atom. The topological polar surface area (TPSA) is 42.2 Å². The highest BCUT2D eigenvalue weighted by Crippen LogP contribution is 2.21. The summed E-state index contributed by atoms with van der Waals surface area (Å²) in [4.78, 5) is 6.57. The van der Waals surface area contributed by atoms with E-state index in [-0.39, 0.29) is 0 Å². The van der Waals surface area contributed by atoms with Gasteiger partial charge in [-0.2, -0.15) is 0 Å². The highest BCUT2D eigenvalue weighted by Gasteiger charge is 2.07. The van der Waals surface area contributed by atoms with Crippen LogP contribution in [-0.2, 0) is 6.54 Å². The number of hydrogen-bond donors (Lipinski definition) is 1. The van der Waals surface area contributed by atoms with Gasteiger partial charge in [0.05, 0.1) is 0 Å². The van der Waals surface area contributed by atoms with E-state index in [0.29, 0.717) is 0 Å². The predicted octanol–water partition coefficient (Wildman–Crippen LogP) is 3.37. The monoisotopic (exact) mass is 305 g/mol. The molecule has 0 unspecified atom stereocenters. The molecule has 2 N–H and O–H groups in total. The lowest BCUT2D eigenvalue weighted by Gasteiger charge is -2.20. The maximum absolute atomic E-state index is 5.78. The number of aryl methyl sites for hydroxylation is 1. The van der Waals surface area contributed by atoms with Crippen LogP contribution in [0.4, 0.5) is 11.5 Å². The summed E-state index contributed by atoms with van der Waals surface area (Å²) < 4.78 is 1.00. The number of nitrogens with zero attached hydrogens (tertiary/aromatic N) is 2. The van der Waals surface area contributed by atoms with Gasteiger partial charge in [0.15, 0.2) is 0 Å². The first-order chi connectivity index (χ1) is 8.56. The molecular formula is C14H16BrN3. The number of aromatic nitrogens is 1. The standard InChI is InChI=1S/C14H16BrN3/c1-10-6-12(15)8-17-14(10)18(2)9-11-4-3-5-13(16)7-11/h3-8H,9,16H2,1-2H3. The van der Waals surface area contributed by atoms with Crippen molar-refractivity contribution in [3.63, 3.8) is 0 Å². The summed E-state index contributed by atoms with van der Waals surface area (Å²) in [5.74, 6) is 0.987. The van der Waals surface area contributed by atoms with Gasteiger partial charge in [-0.1, -0.05) is 12.1 Å². The summed E-state index contributed by atoms with van der Waals surface area (Å²) in [6, 6.07) is 10.00. The molecule has 2 aromatic rings. The Balaban J connectivity index is 2.19. The lowest BCUT2D eigenvalue weighted by Crippen LogP contribution is -2.18. The fourth-order valence-electron chi connectivity index (χ4n) is 1.97. The van der Waals surface area contributed by atoms with Gasteiger partial charge in [0, 0.05) is 29.9 Å². The number of pyridine rings is 1. The largest absolute Gasteiger partial charge is 0.399 e. The second-order valence-electron chi connectivity index (χ2n) is 4.40. The molecule has 0 atom stereocenters. The Morgan fingerprint density at radius 3 is 2.78 bits per heavy atom. The van der Waals surface area contributed by atoms with Crippen LogP contribution in [0.1, 0.15) is 11.1 Å². The van der Waals surface area contributed by atoms with E-state index in [0.717, 1.165) is 28.1 Å². The van der Waals surface area contributed by atoms with Crippen LogP contribution >= 0.6 is 15.9 Å². The van der Waals surface area contributed by atoms with Crippen LogP contribution in [0, 0.1) is 6.92 Å². The fourth-order valence-corrected chi connectivity index (χ4v) is 2.42. The lowest BCUT2D eigenvalue weighted by atomic mass is 10.2. The van der Waals surface area contributed by atoms with E-state index >= 15 is 0 Å². The Kier molecular flexibility index (Phi) is 3.87. The molecule has 0 aliphatic rings. The predicted molar refractivity (Wildman–Crippen MR) is 79.6 cm³/mol. The van der Waals surface area contributed by atoms with Gasteiger partial charge < -0.3 is 10.6 Å². The number of halogens is 1. The minimum absolute atomic E-state index is 0.792. The summed E-state index contributed by atoms with van der Waals surface area (Å²) in [6.07, 6.45) is 1.82. The molecule has 0 radical (unpaired) electrons. The summed E-state index contributed by atoms with van der Waals surface area (Å²) in [5.41, 5.74) is 8.91. The number of nitrogen functional groups attached to an aromatic ring is 1. The first-order valence-corrected chi connectivity index (χ1v) is 6.53. The van der Waals surface area contributed by atoms with Gasteiger partial charge in [-0.25, -0.2) is 4.98 Å². The lowest BCUT2D eigenvalue weighted by molar-refractivity contribution is 0.890. The van der Waals surface area contributed by atoms with E-state index in [2.05, 4.69) is 44.9 Å². The third-order valence-corrected chi connectivity index (χ3v) is 3.18. The quantitative estimate of drug-likeness (QED) is 0.884. The summed E-state index contributed by atoms with van der Waals surface area (Å²) >= 11 is 3.42. The molecular weight excluding hydrogens is 290 g/mol. The van der Waals surface area contributed by atoms with Gasteiger partial charge >= 0.3 is 0 Å². The molecule has 0 aliphatic carbocycles. The first kappa shape index (κ1) is 12.9. The molecule has 0 bridgehead atoms. The van der Waals surface area contributed by atoms with E-state index in [1.807, 2.05) is 31.4 Å². The molecule has 0 saturated heterocycles. The van der Waals surface area contributed by atoms with Crippen molar-refractivity contribution in [2.45, 2.75) is 13.5 Å². The van der Waals surface area contributed by atoms with Crippen molar-refractivity contribution < 1.29 is 0 Å². The van der Waals surface area contributed by atoms with Crippen molar-refractivity contribution in [3.8, 4) is 0 Å². The molecule has 1 aromatic heterocycles. The van der Waals surface area contributed by atoms with E-state index in [9.17, 15) is 0 Å². The Morgan fingerprint density at radius 1 is 1.33 bits per heavy atom. The van der Waals surface area contributed by atoms with Gasteiger partial charge in [-0.05, 0) is 52.2 Å². The van der Waals surface area contributed by atoms with Crippen molar-refractivity contribution in [1.82, 2.24) is 4.98 Å². The van der Waals surface area contributed by atoms with Crippen LogP contribution in [0.3, 0.4) is 0 Å². The fraction of sp³-hybridized carbons (Fsp3) is 0.214. The first-order valence-electron chi connectivity index (χ1n) is 5.74. The van der Waals surface area contributed by atoms with Gasteiger partial charge in [0.1, 0.15) is 5.82 Å². The SMILES string of the molecule is Cc1cc(Br)cnc1N(C)Cc1cccc(N)c1. The maximum Gasteiger partial charge on any atom is 0.131 e. The maximum atomic E-state index is 5.78. The molecule has 0 saturated carbocycles. The Bertz CT molecular complexity index is 554. The number of hydrogen-bond acceptors (Lipinski definition) is 3. The molecule has 18 heavy (non-hydrogen) atoms. The van der Waals surface area contributed by atoms with Gasteiger partial charge in [-0.15, -0.1) is 0 Å². The van der Waals surface area contributed by atoms with E-state index < -0.39 is 0 Å². The van der Waals surface area contributed by atoms with Crippen LogP contribution < -0.4 is 10.6 Å². The molecule has 1 aromatic carbocycles. The molecule has 3 nitrogen and oxygen atoms in total. The third kappa shape index (κ3) is 3.01.